The third kappa shape index (κ3) is 4.95. The lowest BCUT2D eigenvalue weighted by Crippen LogP contribution is -2.45. The quantitative estimate of drug-likeness (QED) is 0.452. The molecular weight excluding hydrogens is 323 g/mol. The van der Waals surface area contributed by atoms with E-state index in [1.54, 1.807) is 0 Å². The minimum Gasteiger partial charge on any atom is -0.355 e. The van der Waals surface area contributed by atoms with Crippen molar-refractivity contribution in [1.29, 1.82) is 0 Å². The highest BCUT2D eigenvalue weighted by Crippen LogP contribution is 2.23. The molecule has 1 aromatic carbocycles. The van der Waals surface area contributed by atoms with Crippen molar-refractivity contribution in [2.24, 2.45) is 5.41 Å². The van der Waals surface area contributed by atoms with Gasteiger partial charge in [-0.25, -0.2) is 13.2 Å². The zero-order chi connectivity index (χ0) is 18.5. The molecule has 134 valence electrons. The average molecular weight is 345 g/mol. The van der Waals surface area contributed by atoms with E-state index < -0.39 is 40.4 Å². The number of rotatable bonds is 7. The van der Waals surface area contributed by atoms with Gasteiger partial charge in [-0.05, 0) is 53.0 Å². The topological polar surface area (TPSA) is 61.4 Å². The number of hydrogen-bond acceptors (Lipinski definition) is 3. The molecular formula is C16H22F3N3O2. The summed E-state index contributed by atoms with van der Waals surface area (Å²) in [6.45, 7) is 3.88. The van der Waals surface area contributed by atoms with Gasteiger partial charge in [0.05, 0.1) is 5.69 Å². The first kappa shape index (κ1) is 20.0. The lowest BCUT2D eigenvalue weighted by Gasteiger charge is -2.23. The Morgan fingerprint density at radius 3 is 2.29 bits per heavy atom. The number of halogens is 3. The van der Waals surface area contributed by atoms with Gasteiger partial charge in [-0.15, -0.1) is 0 Å². The SMILES string of the molecule is CN(C)CCCNC(=O)C(C)(C)C(=O)Nc1ccc(F)c(F)c1F. The van der Waals surface area contributed by atoms with Gasteiger partial charge < -0.3 is 15.5 Å². The summed E-state index contributed by atoms with van der Waals surface area (Å²) in [4.78, 5) is 26.3. The third-order valence-corrected chi connectivity index (χ3v) is 3.49. The van der Waals surface area contributed by atoms with Crippen LogP contribution in [-0.2, 0) is 9.59 Å². The van der Waals surface area contributed by atoms with Crippen molar-refractivity contribution in [2.75, 3.05) is 32.5 Å². The van der Waals surface area contributed by atoms with Crippen LogP contribution in [0.15, 0.2) is 12.1 Å². The van der Waals surface area contributed by atoms with Crippen LogP contribution in [0.5, 0.6) is 0 Å². The number of hydrogen-bond donors (Lipinski definition) is 2. The zero-order valence-corrected chi connectivity index (χ0v) is 14.2. The van der Waals surface area contributed by atoms with E-state index in [0.717, 1.165) is 12.6 Å². The lowest BCUT2D eigenvalue weighted by molar-refractivity contribution is -0.138. The van der Waals surface area contributed by atoms with Crippen LogP contribution >= 0.6 is 0 Å². The maximum atomic E-state index is 13.6. The predicted molar refractivity (Wildman–Crippen MR) is 84.9 cm³/mol. The van der Waals surface area contributed by atoms with Gasteiger partial charge in [-0.1, -0.05) is 0 Å². The van der Waals surface area contributed by atoms with Crippen molar-refractivity contribution in [1.82, 2.24) is 10.2 Å². The summed E-state index contributed by atoms with van der Waals surface area (Å²) in [6, 6.07) is 1.60. The third-order valence-electron chi connectivity index (χ3n) is 3.49. The van der Waals surface area contributed by atoms with Gasteiger partial charge in [-0.2, -0.15) is 0 Å². The summed E-state index contributed by atoms with van der Waals surface area (Å²) in [6.07, 6.45) is 0.703. The number of carbonyl (C=O) groups excluding carboxylic acids is 2. The van der Waals surface area contributed by atoms with Crippen molar-refractivity contribution in [3.05, 3.63) is 29.6 Å². The van der Waals surface area contributed by atoms with Crippen LogP contribution in [0.1, 0.15) is 20.3 Å². The van der Waals surface area contributed by atoms with Gasteiger partial charge in [-0.3, -0.25) is 9.59 Å². The Balaban J connectivity index is 2.71. The van der Waals surface area contributed by atoms with Gasteiger partial charge in [0, 0.05) is 6.54 Å². The first-order chi connectivity index (χ1) is 11.1. The summed E-state index contributed by atoms with van der Waals surface area (Å²) < 4.78 is 39.7. The van der Waals surface area contributed by atoms with Crippen molar-refractivity contribution in [3.8, 4) is 0 Å². The van der Waals surface area contributed by atoms with Gasteiger partial charge in [0.25, 0.3) is 0 Å². The fraction of sp³-hybridized carbons (Fsp3) is 0.500. The van der Waals surface area contributed by atoms with Crippen molar-refractivity contribution >= 4 is 17.5 Å². The average Bonchev–Trinajstić information content (AvgIpc) is 2.51. The minimum absolute atomic E-state index is 0.382. The van der Waals surface area contributed by atoms with E-state index in [-0.39, 0.29) is 0 Å². The molecule has 2 N–H and O–H groups in total. The van der Waals surface area contributed by atoms with E-state index >= 15 is 0 Å². The maximum absolute atomic E-state index is 13.6. The van der Waals surface area contributed by atoms with Gasteiger partial charge >= 0.3 is 0 Å². The van der Waals surface area contributed by atoms with E-state index in [9.17, 15) is 22.8 Å². The molecule has 0 aliphatic heterocycles. The Labute approximate surface area is 139 Å². The number of nitrogens with one attached hydrogen (secondary N) is 2. The summed E-state index contributed by atoms with van der Waals surface area (Å²) in [5.74, 6) is -5.91. The molecule has 0 atom stereocenters. The molecule has 24 heavy (non-hydrogen) atoms. The van der Waals surface area contributed by atoms with Crippen LogP contribution in [0.2, 0.25) is 0 Å². The van der Waals surface area contributed by atoms with Gasteiger partial charge in [0.2, 0.25) is 11.8 Å². The van der Waals surface area contributed by atoms with E-state index in [1.165, 1.54) is 13.8 Å². The molecule has 5 nitrogen and oxygen atoms in total. The smallest absolute Gasteiger partial charge is 0.239 e. The molecule has 0 radical (unpaired) electrons. The summed E-state index contributed by atoms with van der Waals surface area (Å²) in [7, 11) is 3.80. The molecule has 8 heteroatoms. The summed E-state index contributed by atoms with van der Waals surface area (Å²) in [5.41, 5.74) is -2.03. The fourth-order valence-electron chi connectivity index (χ4n) is 1.82. The largest absolute Gasteiger partial charge is 0.355 e. The zero-order valence-electron chi connectivity index (χ0n) is 14.2. The number of anilines is 1. The maximum Gasteiger partial charge on any atom is 0.239 e. The van der Waals surface area contributed by atoms with Crippen molar-refractivity contribution in [2.45, 2.75) is 20.3 Å². The number of nitrogens with zero attached hydrogens (tertiary/aromatic N) is 1. The van der Waals surface area contributed by atoms with Gasteiger partial charge in [0.15, 0.2) is 17.5 Å². The summed E-state index contributed by atoms with van der Waals surface area (Å²) >= 11 is 0. The van der Waals surface area contributed by atoms with Crippen LogP contribution in [0, 0.1) is 22.9 Å². The van der Waals surface area contributed by atoms with Crippen molar-refractivity contribution in [3.63, 3.8) is 0 Å². The fourth-order valence-corrected chi connectivity index (χ4v) is 1.82. The molecule has 0 spiro atoms. The van der Waals surface area contributed by atoms with E-state index in [2.05, 4.69) is 10.6 Å². The molecule has 0 fully saturated rings. The molecule has 1 aromatic rings. The van der Waals surface area contributed by atoms with Crippen LogP contribution in [0.4, 0.5) is 18.9 Å². The Bertz CT molecular complexity index is 619. The molecule has 0 heterocycles. The van der Waals surface area contributed by atoms with Crippen LogP contribution in [0.25, 0.3) is 0 Å². The molecule has 0 aromatic heterocycles. The molecule has 0 saturated heterocycles. The Hall–Kier alpha value is -2.09. The molecule has 0 aliphatic carbocycles. The molecule has 2 amide bonds. The highest BCUT2D eigenvalue weighted by Gasteiger charge is 2.36. The second kappa shape index (κ2) is 8.14. The Kier molecular flexibility index (Phi) is 6.77. The first-order valence-corrected chi connectivity index (χ1v) is 7.45. The Morgan fingerprint density at radius 1 is 1.08 bits per heavy atom. The van der Waals surface area contributed by atoms with E-state index in [0.29, 0.717) is 19.0 Å². The van der Waals surface area contributed by atoms with Gasteiger partial charge in [0.1, 0.15) is 5.41 Å². The Morgan fingerprint density at radius 2 is 1.71 bits per heavy atom. The lowest BCUT2D eigenvalue weighted by atomic mass is 9.91. The minimum atomic E-state index is -1.68. The summed E-state index contributed by atoms with van der Waals surface area (Å²) in [5, 5.41) is 4.74. The normalized spacial score (nSPS) is 11.5. The second-order valence-electron chi connectivity index (χ2n) is 6.21. The molecule has 1 rings (SSSR count). The second-order valence-corrected chi connectivity index (χ2v) is 6.21. The monoisotopic (exact) mass is 345 g/mol. The number of benzene rings is 1. The molecule has 0 aliphatic rings. The van der Waals surface area contributed by atoms with Crippen LogP contribution in [0.3, 0.4) is 0 Å². The van der Waals surface area contributed by atoms with Crippen LogP contribution in [-0.4, -0.2) is 43.9 Å². The van der Waals surface area contributed by atoms with E-state index in [1.807, 2.05) is 19.0 Å². The molecule has 0 bridgehead atoms. The molecule has 0 unspecified atom stereocenters. The van der Waals surface area contributed by atoms with E-state index in [4.69, 9.17) is 0 Å². The highest BCUT2D eigenvalue weighted by atomic mass is 19.2. The van der Waals surface area contributed by atoms with Crippen LogP contribution < -0.4 is 10.6 Å². The molecule has 0 saturated carbocycles. The highest BCUT2D eigenvalue weighted by molar-refractivity contribution is 6.09. The van der Waals surface area contributed by atoms with Crippen molar-refractivity contribution < 1.29 is 22.8 Å². The first-order valence-electron chi connectivity index (χ1n) is 7.45. The number of amides is 2. The standard InChI is InChI=1S/C16H22F3N3O2/c1-16(2,14(23)20-8-5-9-22(3)4)15(24)21-11-7-6-10(17)12(18)13(11)19/h6-7H,5,8-9H2,1-4H3,(H,20,23)(H,21,24). The number of carbonyl (C=O) groups is 2. The predicted octanol–water partition coefficient (Wildman–Crippen LogP) is 2.14.